The molecule has 0 spiro atoms. The monoisotopic (exact) mass is 305 g/mol. The maximum Gasteiger partial charge on any atom is 0.249 e. The van der Waals surface area contributed by atoms with E-state index in [1.165, 1.54) is 0 Å². The van der Waals surface area contributed by atoms with Gasteiger partial charge in [0.25, 0.3) is 0 Å². The number of carbonyl (C=O) groups is 2. The van der Waals surface area contributed by atoms with Gasteiger partial charge in [0.05, 0.1) is 11.9 Å². The molecule has 22 heavy (non-hydrogen) atoms. The van der Waals surface area contributed by atoms with Gasteiger partial charge in [0, 0.05) is 32.3 Å². The Bertz CT molecular complexity index is 570. The van der Waals surface area contributed by atoms with E-state index in [0.29, 0.717) is 19.4 Å². The highest BCUT2D eigenvalue weighted by Crippen LogP contribution is 2.27. The lowest BCUT2D eigenvalue weighted by atomic mass is 9.99. The molecule has 0 aromatic carbocycles. The van der Waals surface area contributed by atoms with E-state index in [2.05, 4.69) is 10.4 Å². The lowest BCUT2D eigenvalue weighted by molar-refractivity contribution is -0.127. The quantitative estimate of drug-likeness (QED) is 0.828. The van der Waals surface area contributed by atoms with E-state index in [1.807, 2.05) is 7.05 Å². The van der Waals surface area contributed by atoms with Crippen molar-refractivity contribution in [3.05, 3.63) is 12.4 Å². The van der Waals surface area contributed by atoms with E-state index in [4.69, 9.17) is 5.73 Å². The van der Waals surface area contributed by atoms with Gasteiger partial charge in [0.15, 0.2) is 0 Å². The van der Waals surface area contributed by atoms with Crippen molar-refractivity contribution in [3.63, 3.8) is 0 Å². The van der Waals surface area contributed by atoms with Crippen molar-refractivity contribution in [2.24, 2.45) is 18.7 Å². The first-order valence-corrected chi connectivity index (χ1v) is 7.89. The van der Waals surface area contributed by atoms with Crippen LogP contribution in [0.15, 0.2) is 12.4 Å². The van der Waals surface area contributed by atoms with E-state index in [-0.39, 0.29) is 23.8 Å². The first-order chi connectivity index (χ1) is 10.5. The van der Waals surface area contributed by atoms with Gasteiger partial charge in [-0.15, -0.1) is 0 Å². The number of anilines is 1. The zero-order valence-electron chi connectivity index (χ0n) is 12.9. The van der Waals surface area contributed by atoms with Gasteiger partial charge < -0.3 is 16.0 Å². The molecule has 3 atom stereocenters. The molecule has 1 aliphatic heterocycles. The Morgan fingerprint density at radius 2 is 2.27 bits per heavy atom. The standard InChI is InChI=1S/C15H23N5O2/c1-19-9-11(8-17-19)20-6-5-13(15(20)22)18-14(21)7-10-3-2-4-12(10)16/h8-10,12-13H,2-7,16H2,1H3,(H,18,21)/t10-,12+,13?/m0/s1. The second-order valence-electron chi connectivity index (χ2n) is 6.33. The third-order valence-electron chi connectivity index (χ3n) is 4.71. The molecule has 0 bridgehead atoms. The van der Waals surface area contributed by atoms with Crippen molar-refractivity contribution >= 4 is 17.5 Å². The first kappa shape index (κ1) is 15.0. The summed E-state index contributed by atoms with van der Waals surface area (Å²) >= 11 is 0. The van der Waals surface area contributed by atoms with E-state index in [1.54, 1.807) is 22.0 Å². The molecule has 7 heteroatoms. The minimum Gasteiger partial charge on any atom is -0.344 e. The van der Waals surface area contributed by atoms with E-state index < -0.39 is 6.04 Å². The fourth-order valence-electron chi connectivity index (χ4n) is 3.43. The molecule has 1 saturated carbocycles. The molecule has 1 aliphatic carbocycles. The maximum atomic E-state index is 12.4. The Morgan fingerprint density at radius 1 is 1.45 bits per heavy atom. The minimum atomic E-state index is -0.426. The third kappa shape index (κ3) is 2.99. The SMILES string of the molecule is Cn1cc(N2CCC(NC(=O)C[C@@H]3CCC[C@H]3N)C2=O)cn1. The second kappa shape index (κ2) is 6.08. The van der Waals surface area contributed by atoms with Gasteiger partial charge in [-0.3, -0.25) is 14.3 Å². The lowest BCUT2D eigenvalue weighted by Crippen LogP contribution is -2.42. The van der Waals surface area contributed by atoms with Gasteiger partial charge in [-0.25, -0.2) is 0 Å². The molecule has 2 heterocycles. The van der Waals surface area contributed by atoms with Crippen molar-refractivity contribution in [1.29, 1.82) is 0 Å². The van der Waals surface area contributed by atoms with Crippen LogP contribution in [0.1, 0.15) is 32.1 Å². The Balaban J connectivity index is 1.55. The molecular formula is C15H23N5O2. The summed E-state index contributed by atoms with van der Waals surface area (Å²) < 4.78 is 1.66. The number of rotatable bonds is 4. The Morgan fingerprint density at radius 3 is 2.91 bits per heavy atom. The molecule has 1 unspecified atom stereocenters. The van der Waals surface area contributed by atoms with Gasteiger partial charge in [-0.1, -0.05) is 6.42 Å². The zero-order chi connectivity index (χ0) is 15.7. The lowest BCUT2D eigenvalue weighted by Gasteiger charge is -2.18. The van der Waals surface area contributed by atoms with Gasteiger partial charge in [-0.2, -0.15) is 5.10 Å². The predicted molar refractivity (Wildman–Crippen MR) is 82.0 cm³/mol. The minimum absolute atomic E-state index is 0.0583. The van der Waals surface area contributed by atoms with E-state index in [0.717, 1.165) is 24.9 Å². The third-order valence-corrected chi connectivity index (χ3v) is 4.71. The summed E-state index contributed by atoms with van der Waals surface area (Å²) in [6, 6.07) is -0.303. The highest BCUT2D eigenvalue weighted by Gasteiger charge is 2.35. The predicted octanol–water partition coefficient (Wildman–Crippen LogP) is 0.159. The summed E-state index contributed by atoms with van der Waals surface area (Å²) in [6.45, 7) is 0.610. The zero-order valence-corrected chi connectivity index (χ0v) is 12.9. The Labute approximate surface area is 129 Å². The largest absolute Gasteiger partial charge is 0.344 e. The van der Waals surface area contributed by atoms with Crippen LogP contribution in [0.5, 0.6) is 0 Å². The van der Waals surface area contributed by atoms with Crippen LogP contribution in [-0.4, -0.2) is 40.2 Å². The highest BCUT2D eigenvalue weighted by molar-refractivity contribution is 6.01. The van der Waals surface area contributed by atoms with Crippen LogP contribution in [-0.2, 0) is 16.6 Å². The van der Waals surface area contributed by atoms with Crippen LogP contribution >= 0.6 is 0 Å². The van der Waals surface area contributed by atoms with Crippen LogP contribution in [0, 0.1) is 5.92 Å². The van der Waals surface area contributed by atoms with Gasteiger partial charge >= 0.3 is 0 Å². The molecule has 1 aromatic heterocycles. The molecule has 2 amide bonds. The van der Waals surface area contributed by atoms with Gasteiger partial charge in [0.2, 0.25) is 11.8 Å². The molecule has 3 rings (SSSR count). The Kier molecular flexibility index (Phi) is 4.15. The van der Waals surface area contributed by atoms with Gasteiger partial charge in [-0.05, 0) is 25.2 Å². The van der Waals surface area contributed by atoms with Crippen LogP contribution in [0.3, 0.4) is 0 Å². The van der Waals surface area contributed by atoms with Crippen LogP contribution < -0.4 is 16.0 Å². The number of nitrogens with one attached hydrogen (secondary N) is 1. The molecule has 2 fully saturated rings. The molecule has 2 aliphatic rings. The summed E-state index contributed by atoms with van der Waals surface area (Å²) in [5.74, 6) is 0.136. The van der Waals surface area contributed by atoms with Crippen molar-refractivity contribution in [1.82, 2.24) is 15.1 Å². The number of carbonyl (C=O) groups excluding carboxylic acids is 2. The highest BCUT2D eigenvalue weighted by atomic mass is 16.2. The molecule has 3 N–H and O–H groups in total. The molecule has 0 radical (unpaired) electrons. The van der Waals surface area contributed by atoms with Crippen LogP contribution in [0.25, 0.3) is 0 Å². The summed E-state index contributed by atoms with van der Waals surface area (Å²) in [7, 11) is 1.81. The fraction of sp³-hybridized carbons (Fsp3) is 0.667. The number of nitrogens with two attached hydrogens (primary N) is 1. The van der Waals surface area contributed by atoms with Gasteiger partial charge in [0.1, 0.15) is 6.04 Å². The topological polar surface area (TPSA) is 93.2 Å². The van der Waals surface area contributed by atoms with Crippen molar-refractivity contribution in [3.8, 4) is 0 Å². The number of nitrogens with zero attached hydrogens (tertiary/aromatic N) is 3. The smallest absolute Gasteiger partial charge is 0.249 e. The van der Waals surface area contributed by atoms with Crippen molar-refractivity contribution < 1.29 is 9.59 Å². The summed E-state index contributed by atoms with van der Waals surface area (Å²) in [5.41, 5.74) is 6.78. The van der Waals surface area contributed by atoms with Crippen molar-refractivity contribution in [2.75, 3.05) is 11.4 Å². The normalized spacial score (nSPS) is 28.4. The van der Waals surface area contributed by atoms with E-state index in [9.17, 15) is 9.59 Å². The van der Waals surface area contributed by atoms with Crippen molar-refractivity contribution in [2.45, 2.75) is 44.2 Å². The summed E-state index contributed by atoms with van der Waals surface area (Å²) in [5, 5.41) is 6.95. The number of amides is 2. The first-order valence-electron chi connectivity index (χ1n) is 7.89. The molecule has 1 aromatic rings. The summed E-state index contributed by atoms with van der Waals surface area (Å²) in [4.78, 5) is 26.2. The number of hydrogen-bond acceptors (Lipinski definition) is 4. The molecule has 7 nitrogen and oxygen atoms in total. The molecular weight excluding hydrogens is 282 g/mol. The second-order valence-corrected chi connectivity index (χ2v) is 6.33. The number of aryl methyl sites for hydroxylation is 1. The number of hydrogen-bond donors (Lipinski definition) is 2. The van der Waals surface area contributed by atoms with Crippen LogP contribution in [0.4, 0.5) is 5.69 Å². The summed E-state index contributed by atoms with van der Waals surface area (Å²) in [6.07, 6.45) is 7.63. The Hall–Kier alpha value is -1.89. The average Bonchev–Trinajstić information content (AvgIpc) is 3.15. The van der Waals surface area contributed by atoms with E-state index >= 15 is 0 Å². The maximum absolute atomic E-state index is 12.4. The average molecular weight is 305 g/mol. The molecule has 1 saturated heterocycles. The molecule has 120 valence electrons. The fourth-order valence-corrected chi connectivity index (χ4v) is 3.43. The van der Waals surface area contributed by atoms with Crippen LogP contribution in [0.2, 0.25) is 0 Å². The number of aromatic nitrogens is 2.